The maximum atomic E-state index is 12.4. The van der Waals surface area contributed by atoms with Gasteiger partial charge in [-0.05, 0) is 6.42 Å². The number of imidazole rings is 1. The van der Waals surface area contributed by atoms with Gasteiger partial charge < -0.3 is 19.4 Å². The summed E-state index contributed by atoms with van der Waals surface area (Å²) >= 11 is 0. The molecule has 0 unspecified atom stereocenters. The highest BCUT2D eigenvalue weighted by Gasteiger charge is 2.32. The Balaban J connectivity index is 1.41. The molecule has 2 atom stereocenters. The second kappa shape index (κ2) is 5.69. The van der Waals surface area contributed by atoms with Gasteiger partial charge in [-0.15, -0.1) is 0 Å². The van der Waals surface area contributed by atoms with Gasteiger partial charge in [0.15, 0.2) is 5.75 Å². The fourth-order valence-electron chi connectivity index (χ4n) is 3.03. The van der Waals surface area contributed by atoms with Gasteiger partial charge >= 0.3 is 0 Å². The summed E-state index contributed by atoms with van der Waals surface area (Å²) in [5.41, 5.74) is 0.465. The summed E-state index contributed by atoms with van der Waals surface area (Å²) in [6.07, 6.45) is 7.07. The van der Waals surface area contributed by atoms with Gasteiger partial charge in [-0.1, -0.05) is 0 Å². The average Bonchev–Trinajstić information content (AvgIpc) is 3.24. The van der Waals surface area contributed by atoms with Crippen molar-refractivity contribution in [2.45, 2.75) is 31.5 Å². The fraction of sp³-hybridized carbons (Fsp3) is 0.533. The molecular weight excluding hydrogens is 298 g/mol. The monoisotopic (exact) mass is 317 g/mol. The number of aryl methyl sites for hydroxylation is 3. The lowest BCUT2D eigenvalue weighted by atomic mass is 10.2. The molecule has 4 rings (SSSR count). The van der Waals surface area contributed by atoms with E-state index in [1.54, 1.807) is 17.1 Å². The quantitative estimate of drug-likeness (QED) is 0.867. The van der Waals surface area contributed by atoms with E-state index in [1.165, 1.54) is 0 Å². The number of hydrogen-bond acceptors (Lipinski definition) is 5. The highest BCUT2D eigenvalue weighted by Crippen LogP contribution is 2.18. The van der Waals surface area contributed by atoms with Gasteiger partial charge in [-0.25, -0.2) is 4.98 Å². The van der Waals surface area contributed by atoms with E-state index in [4.69, 9.17) is 9.47 Å². The SMILES string of the molecule is Cn1cc(O[C@@H]2COC[C@@H]2NC(=O)c2cn3c(n2)CCC3)cn1. The minimum absolute atomic E-state index is 0.179. The molecule has 23 heavy (non-hydrogen) atoms. The van der Waals surface area contributed by atoms with Crippen LogP contribution in [-0.2, 0) is 24.8 Å². The lowest BCUT2D eigenvalue weighted by Crippen LogP contribution is -2.45. The third kappa shape index (κ3) is 2.81. The van der Waals surface area contributed by atoms with Crippen molar-refractivity contribution in [2.24, 2.45) is 7.05 Å². The molecule has 1 fully saturated rings. The van der Waals surface area contributed by atoms with Crippen LogP contribution in [0.25, 0.3) is 0 Å². The molecule has 0 radical (unpaired) electrons. The van der Waals surface area contributed by atoms with Gasteiger partial charge in [0.1, 0.15) is 17.6 Å². The number of nitrogens with one attached hydrogen (secondary N) is 1. The first-order chi connectivity index (χ1) is 11.2. The first-order valence-electron chi connectivity index (χ1n) is 7.79. The topological polar surface area (TPSA) is 83.2 Å². The summed E-state index contributed by atoms with van der Waals surface area (Å²) in [7, 11) is 1.83. The minimum Gasteiger partial charge on any atom is -0.482 e. The summed E-state index contributed by atoms with van der Waals surface area (Å²) in [6.45, 7) is 1.82. The van der Waals surface area contributed by atoms with E-state index < -0.39 is 0 Å². The van der Waals surface area contributed by atoms with Crippen LogP contribution in [0.15, 0.2) is 18.6 Å². The number of nitrogens with zero attached hydrogens (tertiary/aromatic N) is 4. The van der Waals surface area contributed by atoms with Gasteiger partial charge in [-0.3, -0.25) is 9.48 Å². The predicted octanol–water partition coefficient (Wildman–Crippen LogP) is 0.139. The zero-order valence-electron chi connectivity index (χ0n) is 12.9. The van der Waals surface area contributed by atoms with Crippen molar-refractivity contribution < 1.29 is 14.3 Å². The van der Waals surface area contributed by atoms with Crippen molar-refractivity contribution >= 4 is 5.91 Å². The number of hydrogen-bond donors (Lipinski definition) is 1. The first-order valence-corrected chi connectivity index (χ1v) is 7.79. The van der Waals surface area contributed by atoms with Crippen molar-refractivity contribution in [3.63, 3.8) is 0 Å². The van der Waals surface area contributed by atoms with Crippen LogP contribution in [0.5, 0.6) is 5.75 Å². The summed E-state index contributed by atoms with van der Waals surface area (Å²) in [5, 5.41) is 7.04. The molecule has 0 bridgehead atoms. The molecule has 8 nitrogen and oxygen atoms in total. The summed E-state index contributed by atoms with van der Waals surface area (Å²) < 4.78 is 15.0. The highest BCUT2D eigenvalue weighted by atomic mass is 16.5. The van der Waals surface area contributed by atoms with Gasteiger partial charge in [-0.2, -0.15) is 5.10 Å². The van der Waals surface area contributed by atoms with E-state index in [0.29, 0.717) is 24.7 Å². The van der Waals surface area contributed by atoms with Gasteiger partial charge in [0, 0.05) is 26.2 Å². The number of aromatic nitrogens is 4. The third-order valence-electron chi connectivity index (χ3n) is 4.20. The molecule has 2 aliphatic heterocycles. The van der Waals surface area contributed by atoms with Crippen molar-refractivity contribution in [3.8, 4) is 5.75 Å². The van der Waals surface area contributed by atoms with E-state index in [9.17, 15) is 4.79 Å². The predicted molar refractivity (Wildman–Crippen MR) is 80.2 cm³/mol. The highest BCUT2D eigenvalue weighted by molar-refractivity contribution is 5.92. The summed E-state index contributed by atoms with van der Waals surface area (Å²) in [6, 6.07) is -0.195. The van der Waals surface area contributed by atoms with E-state index in [-0.39, 0.29) is 18.1 Å². The molecule has 0 aromatic carbocycles. The van der Waals surface area contributed by atoms with Crippen molar-refractivity contribution in [3.05, 3.63) is 30.1 Å². The molecule has 8 heteroatoms. The average molecular weight is 317 g/mol. The molecule has 0 aliphatic carbocycles. The van der Waals surface area contributed by atoms with Crippen molar-refractivity contribution in [1.29, 1.82) is 0 Å². The van der Waals surface area contributed by atoms with Crippen molar-refractivity contribution in [1.82, 2.24) is 24.6 Å². The van der Waals surface area contributed by atoms with Crippen LogP contribution in [0.1, 0.15) is 22.7 Å². The molecule has 4 heterocycles. The molecule has 122 valence electrons. The lowest BCUT2D eigenvalue weighted by Gasteiger charge is -2.19. The van der Waals surface area contributed by atoms with Crippen LogP contribution >= 0.6 is 0 Å². The summed E-state index contributed by atoms with van der Waals surface area (Å²) in [4.78, 5) is 16.8. The molecule has 0 spiro atoms. The van der Waals surface area contributed by atoms with Crippen LogP contribution < -0.4 is 10.1 Å². The molecule has 0 saturated carbocycles. The first kappa shape index (κ1) is 14.3. The standard InChI is InChI=1S/C15H19N5O3/c1-19-6-10(5-16-19)23-13-9-22-8-12(13)18-15(21)11-7-20-4-2-3-14(20)17-11/h5-7,12-13H,2-4,8-9H2,1H3,(H,18,21)/t12-,13+/m0/s1. The van der Waals surface area contributed by atoms with Crippen molar-refractivity contribution in [2.75, 3.05) is 13.2 Å². The maximum absolute atomic E-state index is 12.4. The molecule has 1 amide bonds. The number of rotatable bonds is 4. The van der Waals surface area contributed by atoms with E-state index in [2.05, 4.69) is 15.4 Å². The molecule has 1 N–H and O–H groups in total. The second-order valence-electron chi connectivity index (χ2n) is 5.96. The molecule has 2 aliphatic rings. The maximum Gasteiger partial charge on any atom is 0.271 e. The zero-order valence-corrected chi connectivity index (χ0v) is 12.9. The largest absolute Gasteiger partial charge is 0.482 e. The Kier molecular flexibility index (Phi) is 3.53. The Morgan fingerprint density at radius 2 is 2.35 bits per heavy atom. The normalized spacial score (nSPS) is 23.0. The Bertz CT molecular complexity index is 701. The third-order valence-corrected chi connectivity index (χ3v) is 4.20. The van der Waals surface area contributed by atoms with Crippen LogP contribution in [0.3, 0.4) is 0 Å². The van der Waals surface area contributed by atoms with E-state index in [0.717, 1.165) is 25.2 Å². The Morgan fingerprint density at radius 1 is 1.43 bits per heavy atom. The van der Waals surface area contributed by atoms with Crippen LogP contribution in [0.4, 0.5) is 0 Å². The second-order valence-corrected chi connectivity index (χ2v) is 5.96. The Hall–Kier alpha value is -2.35. The van der Waals surface area contributed by atoms with Gasteiger partial charge in [0.25, 0.3) is 5.91 Å². The zero-order chi connectivity index (χ0) is 15.8. The lowest BCUT2D eigenvalue weighted by molar-refractivity contribution is 0.0899. The molecule has 2 aromatic rings. The molecule has 1 saturated heterocycles. The van der Waals surface area contributed by atoms with E-state index in [1.807, 2.05) is 17.8 Å². The van der Waals surface area contributed by atoms with Gasteiger partial charge in [0.2, 0.25) is 0 Å². The molecule has 2 aromatic heterocycles. The Morgan fingerprint density at radius 3 is 3.13 bits per heavy atom. The number of ether oxygens (including phenoxy) is 2. The number of carbonyl (C=O) groups is 1. The van der Waals surface area contributed by atoms with Crippen LogP contribution in [0.2, 0.25) is 0 Å². The number of carbonyl (C=O) groups excluding carboxylic acids is 1. The number of fused-ring (bicyclic) bond motifs is 1. The smallest absolute Gasteiger partial charge is 0.271 e. The molecular formula is C15H19N5O3. The fourth-order valence-corrected chi connectivity index (χ4v) is 3.03. The Labute approximate surface area is 133 Å². The summed E-state index contributed by atoms with van der Waals surface area (Å²) in [5.74, 6) is 1.48. The van der Waals surface area contributed by atoms with Crippen LogP contribution in [-0.4, -0.2) is 50.6 Å². The minimum atomic E-state index is -0.224. The van der Waals surface area contributed by atoms with E-state index >= 15 is 0 Å². The number of amides is 1. The van der Waals surface area contributed by atoms with Crippen LogP contribution in [0, 0.1) is 0 Å². The van der Waals surface area contributed by atoms with Gasteiger partial charge in [0.05, 0.1) is 31.6 Å².